The van der Waals surface area contributed by atoms with Gasteiger partial charge in [0.2, 0.25) is 0 Å². The van der Waals surface area contributed by atoms with Crippen molar-refractivity contribution in [2.24, 2.45) is 0 Å². The zero-order valence-corrected chi connectivity index (χ0v) is 16.0. The van der Waals surface area contributed by atoms with Crippen molar-refractivity contribution in [1.82, 2.24) is 9.97 Å². The van der Waals surface area contributed by atoms with E-state index < -0.39 is 0 Å². The van der Waals surface area contributed by atoms with Crippen LogP contribution in [0.15, 0.2) is 48.5 Å². The Hall–Kier alpha value is -3.12. The van der Waals surface area contributed by atoms with E-state index >= 15 is 0 Å². The molecular formula is C20H19ClN4O2. The fraction of sp³-hybridized carbons (Fsp3) is 0.150. The number of ether oxygens (including phenoxy) is 1. The molecule has 3 aromatic rings. The molecule has 0 fully saturated rings. The summed E-state index contributed by atoms with van der Waals surface area (Å²) < 4.78 is 5.30. The van der Waals surface area contributed by atoms with Gasteiger partial charge in [0.25, 0.3) is 5.91 Å². The molecule has 2 N–H and O–H groups in total. The number of rotatable bonds is 5. The van der Waals surface area contributed by atoms with Crippen LogP contribution in [0.5, 0.6) is 5.75 Å². The summed E-state index contributed by atoms with van der Waals surface area (Å²) in [7, 11) is 1.56. The predicted octanol–water partition coefficient (Wildman–Crippen LogP) is 4.75. The Balaban J connectivity index is 1.84. The molecule has 0 aliphatic heterocycles. The molecule has 138 valence electrons. The third kappa shape index (κ3) is 4.74. The van der Waals surface area contributed by atoms with E-state index in [9.17, 15) is 4.79 Å². The first-order chi connectivity index (χ1) is 12.9. The summed E-state index contributed by atoms with van der Waals surface area (Å²) in [6, 6.07) is 14.4. The number of nitrogens with zero attached hydrogens (tertiary/aromatic N) is 2. The molecule has 0 saturated heterocycles. The van der Waals surface area contributed by atoms with Crippen molar-refractivity contribution in [2.45, 2.75) is 13.8 Å². The van der Waals surface area contributed by atoms with Gasteiger partial charge in [-0.05, 0) is 55.8 Å². The second kappa shape index (κ2) is 8.05. The standard InChI is InChI=1S/C20H19ClN4O2/c1-12-4-9-18(27-3)16(10-12)25-20(26)17-11-19(23-13(2)22-17)24-15-7-5-14(21)6-8-15/h4-11H,1-3H3,(H,25,26)(H,22,23,24). The summed E-state index contributed by atoms with van der Waals surface area (Å²) in [6.07, 6.45) is 0. The van der Waals surface area contributed by atoms with Crippen molar-refractivity contribution in [2.75, 3.05) is 17.7 Å². The Morgan fingerprint density at radius 1 is 1.04 bits per heavy atom. The lowest BCUT2D eigenvalue weighted by atomic mass is 10.2. The van der Waals surface area contributed by atoms with Crippen molar-refractivity contribution in [3.05, 3.63) is 70.6 Å². The fourth-order valence-corrected chi connectivity index (χ4v) is 2.66. The molecule has 0 spiro atoms. The first-order valence-corrected chi connectivity index (χ1v) is 8.66. The minimum absolute atomic E-state index is 0.252. The number of anilines is 3. The Morgan fingerprint density at radius 3 is 2.48 bits per heavy atom. The highest BCUT2D eigenvalue weighted by Gasteiger charge is 2.14. The number of amides is 1. The van der Waals surface area contributed by atoms with Gasteiger partial charge < -0.3 is 15.4 Å². The number of methoxy groups -OCH3 is 1. The lowest BCUT2D eigenvalue weighted by Crippen LogP contribution is -2.16. The Kier molecular flexibility index (Phi) is 5.57. The molecule has 1 heterocycles. The molecule has 7 heteroatoms. The van der Waals surface area contributed by atoms with Crippen molar-refractivity contribution in [3.63, 3.8) is 0 Å². The van der Waals surface area contributed by atoms with Gasteiger partial charge in [-0.15, -0.1) is 0 Å². The molecule has 0 radical (unpaired) electrons. The maximum absolute atomic E-state index is 12.7. The van der Waals surface area contributed by atoms with Crippen molar-refractivity contribution in [3.8, 4) is 5.75 Å². The zero-order chi connectivity index (χ0) is 19.4. The highest BCUT2D eigenvalue weighted by molar-refractivity contribution is 6.30. The normalized spacial score (nSPS) is 10.4. The smallest absolute Gasteiger partial charge is 0.274 e. The first kappa shape index (κ1) is 18.7. The summed E-state index contributed by atoms with van der Waals surface area (Å²) in [5.74, 6) is 1.24. The lowest BCUT2D eigenvalue weighted by molar-refractivity contribution is 0.102. The largest absolute Gasteiger partial charge is 0.495 e. The van der Waals surface area contributed by atoms with Gasteiger partial charge in [0.05, 0.1) is 12.8 Å². The topological polar surface area (TPSA) is 76.1 Å². The molecule has 1 amide bonds. The lowest BCUT2D eigenvalue weighted by Gasteiger charge is -2.12. The highest BCUT2D eigenvalue weighted by atomic mass is 35.5. The molecule has 27 heavy (non-hydrogen) atoms. The third-order valence-electron chi connectivity index (χ3n) is 3.79. The van der Waals surface area contributed by atoms with Gasteiger partial charge in [-0.25, -0.2) is 9.97 Å². The summed E-state index contributed by atoms with van der Waals surface area (Å²) in [5.41, 5.74) is 2.66. The van der Waals surface area contributed by atoms with Crippen molar-refractivity contribution in [1.29, 1.82) is 0 Å². The van der Waals surface area contributed by atoms with Gasteiger partial charge in [0.15, 0.2) is 0 Å². The fourth-order valence-electron chi connectivity index (χ4n) is 2.54. The van der Waals surface area contributed by atoms with Crippen LogP contribution in [0.4, 0.5) is 17.2 Å². The van der Waals surface area contributed by atoms with Gasteiger partial charge >= 0.3 is 0 Å². The number of aromatic nitrogens is 2. The quantitative estimate of drug-likeness (QED) is 0.665. The number of hydrogen-bond donors (Lipinski definition) is 2. The van der Waals surface area contributed by atoms with Gasteiger partial charge in [-0.3, -0.25) is 4.79 Å². The van der Waals surface area contributed by atoms with Gasteiger partial charge in [0.1, 0.15) is 23.1 Å². The van der Waals surface area contributed by atoms with Gasteiger partial charge in [-0.2, -0.15) is 0 Å². The predicted molar refractivity (Wildman–Crippen MR) is 107 cm³/mol. The van der Waals surface area contributed by atoms with Crippen LogP contribution in [0, 0.1) is 13.8 Å². The van der Waals surface area contributed by atoms with Crippen LogP contribution in [-0.4, -0.2) is 23.0 Å². The van der Waals surface area contributed by atoms with Gasteiger partial charge in [-0.1, -0.05) is 17.7 Å². The SMILES string of the molecule is COc1ccc(C)cc1NC(=O)c1cc(Nc2ccc(Cl)cc2)nc(C)n1. The van der Waals surface area contributed by atoms with E-state index in [-0.39, 0.29) is 11.6 Å². The Labute approximate surface area is 162 Å². The average Bonchev–Trinajstić information content (AvgIpc) is 2.63. The molecule has 0 saturated carbocycles. The number of carbonyl (C=O) groups excluding carboxylic acids is 1. The Bertz CT molecular complexity index is 974. The molecule has 0 atom stereocenters. The number of benzene rings is 2. The van der Waals surface area contributed by atoms with E-state index in [1.54, 1.807) is 32.2 Å². The maximum atomic E-state index is 12.7. The van der Waals surface area contributed by atoms with Gasteiger partial charge in [0, 0.05) is 16.8 Å². The minimum atomic E-state index is -0.344. The monoisotopic (exact) mass is 382 g/mol. The van der Waals surface area contributed by atoms with E-state index in [2.05, 4.69) is 20.6 Å². The molecule has 0 unspecified atom stereocenters. The van der Waals surface area contributed by atoms with E-state index in [0.717, 1.165) is 11.3 Å². The number of nitrogens with one attached hydrogen (secondary N) is 2. The summed E-state index contributed by atoms with van der Waals surface area (Å²) >= 11 is 5.90. The van der Waals surface area contributed by atoms with Crippen molar-refractivity contribution >= 4 is 34.7 Å². The number of carbonyl (C=O) groups is 1. The molecule has 0 bridgehead atoms. The molecular weight excluding hydrogens is 364 g/mol. The number of halogens is 1. The second-order valence-corrected chi connectivity index (χ2v) is 6.41. The minimum Gasteiger partial charge on any atom is -0.495 e. The molecule has 0 aliphatic carbocycles. The van der Waals surface area contributed by atoms with Crippen LogP contribution in [-0.2, 0) is 0 Å². The zero-order valence-electron chi connectivity index (χ0n) is 15.2. The molecule has 1 aromatic heterocycles. The van der Waals surface area contributed by atoms with Crippen LogP contribution in [0.3, 0.4) is 0 Å². The van der Waals surface area contributed by atoms with E-state index in [4.69, 9.17) is 16.3 Å². The Morgan fingerprint density at radius 2 is 1.78 bits per heavy atom. The molecule has 2 aromatic carbocycles. The maximum Gasteiger partial charge on any atom is 0.274 e. The molecule has 0 aliphatic rings. The van der Waals surface area contributed by atoms with E-state index in [0.29, 0.717) is 28.1 Å². The first-order valence-electron chi connectivity index (χ1n) is 8.29. The van der Waals surface area contributed by atoms with E-state index in [1.165, 1.54) is 0 Å². The highest BCUT2D eigenvalue weighted by Crippen LogP contribution is 2.26. The summed E-state index contributed by atoms with van der Waals surface area (Å²) in [4.78, 5) is 21.3. The summed E-state index contributed by atoms with van der Waals surface area (Å²) in [6.45, 7) is 3.68. The second-order valence-electron chi connectivity index (χ2n) is 5.98. The van der Waals surface area contributed by atoms with E-state index in [1.807, 2.05) is 37.3 Å². The number of hydrogen-bond acceptors (Lipinski definition) is 5. The van der Waals surface area contributed by atoms with Crippen LogP contribution in [0.25, 0.3) is 0 Å². The van der Waals surface area contributed by atoms with Crippen LogP contribution >= 0.6 is 11.6 Å². The van der Waals surface area contributed by atoms with Crippen molar-refractivity contribution < 1.29 is 9.53 Å². The molecule has 6 nitrogen and oxygen atoms in total. The summed E-state index contributed by atoms with van der Waals surface area (Å²) in [5, 5.41) is 6.64. The van der Waals surface area contributed by atoms with Crippen LogP contribution < -0.4 is 15.4 Å². The third-order valence-corrected chi connectivity index (χ3v) is 4.04. The van der Waals surface area contributed by atoms with Crippen LogP contribution in [0.2, 0.25) is 5.02 Å². The van der Waals surface area contributed by atoms with Crippen LogP contribution in [0.1, 0.15) is 21.9 Å². The number of aryl methyl sites for hydroxylation is 2. The average molecular weight is 383 g/mol. The molecule has 3 rings (SSSR count).